The van der Waals surface area contributed by atoms with Gasteiger partial charge in [-0.3, -0.25) is 9.59 Å². The number of aryl methyl sites for hydroxylation is 1. The summed E-state index contributed by atoms with van der Waals surface area (Å²) in [6.45, 7) is 4.39. The van der Waals surface area contributed by atoms with E-state index in [2.05, 4.69) is 0 Å². The molecule has 1 aromatic rings. The highest BCUT2D eigenvalue weighted by Gasteiger charge is 2.38. The molecule has 0 aromatic heterocycles. The summed E-state index contributed by atoms with van der Waals surface area (Å²) in [6, 6.07) is 4.34. The van der Waals surface area contributed by atoms with Gasteiger partial charge in [-0.2, -0.15) is 0 Å². The fourth-order valence-electron chi connectivity index (χ4n) is 3.07. The first kappa shape index (κ1) is 15.0. The molecule has 118 valence electrons. The van der Waals surface area contributed by atoms with Crippen LogP contribution in [-0.4, -0.2) is 35.8 Å². The van der Waals surface area contributed by atoms with Crippen LogP contribution in [0.15, 0.2) is 18.2 Å². The van der Waals surface area contributed by atoms with Crippen LogP contribution in [0.25, 0.3) is 0 Å². The molecule has 0 bridgehead atoms. The molecule has 0 spiro atoms. The molecule has 3 rings (SSSR count). The third-order valence-corrected chi connectivity index (χ3v) is 4.86. The molecular weight excluding hydrogens is 283 g/mol. The lowest BCUT2D eigenvalue weighted by molar-refractivity contribution is -0.146. The Morgan fingerprint density at radius 1 is 1.27 bits per heavy atom. The Labute approximate surface area is 129 Å². The van der Waals surface area contributed by atoms with Gasteiger partial charge in [-0.05, 0) is 44.4 Å². The number of benzene rings is 1. The van der Waals surface area contributed by atoms with Crippen LogP contribution in [0.1, 0.15) is 31.7 Å². The van der Waals surface area contributed by atoms with Gasteiger partial charge < -0.3 is 9.80 Å². The van der Waals surface area contributed by atoms with Gasteiger partial charge >= 0.3 is 0 Å². The summed E-state index contributed by atoms with van der Waals surface area (Å²) in [6.07, 6.45) is 2.97. The maximum atomic E-state index is 13.7. The number of amides is 2. The molecule has 2 aliphatic rings. The van der Waals surface area contributed by atoms with Gasteiger partial charge in [0.15, 0.2) is 0 Å². The summed E-state index contributed by atoms with van der Waals surface area (Å²) >= 11 is 0. The number of hydrogen-bond donors (Lipinski definition) is 0. The van der Waals surface area contributed by atoms with E-state index in [0.717, 1.165) is 19.3 Å². The van der Waals surface area contributed by atoms with Gasteiger partial charge in [-0.1, -0.05) is 12.5 Å². The summed E-state index contributed by atoms with van der Waals surface area (Å²) in [5, 5.41) is 0. The van der Waals surface area contributed by atoms with E-state index in [1.807, 2.05) is 0 Å². The van der Waals surface area contributed by atoms with E-state index in [9.17, 15) is 14.0 Å². The van der Waals surface area contributed by atoms with E-state index in [1.165, 1.54) is 6.07 Å². The number of hydrogen-bond acceptors (Lipinski definition) is 2. The van der Waals surface area contributed by atoms with E-state index in [4.69, 9.17) is 0 Å². The van der Waals surface area contributed by atoms with Gasteiger partial charge in [-0.25, -0.2) is 4.39 Å². The topological polar surface area (TPSA) is 40.6 Å². The second-order valence-electron chi connectivity index (χ2n) is 6.26. The lowest BCUT2D eigenvalue weighted by Crippen LogP contribution is -2.59. The van der Waals surface area contributed by atoms with Crippen molar-refractivity contribution in [2.75, 3.05) is 18.0 Å². The standard InChI is InChI=1S/C17H21FN2O2/c1-11-6-7-14(10-15(11)18)20-9-8-19(12(2)16(20)21)17(22)13-4-3-5-13/h6-7,10,12-13H,3-5,8-9H2,1-2H3. The molecule has 2 amide bonds. The lowest BCUT2D eigenvalue weighted by Gasteiger charge is -2.41. The highest BCUT2D eigenvalue weighted by Crippen LogP contribution is 2.30. The van der Waals surface area contributed by atoms with E-state index in [-0.39, 0.29) is 23.5 Å². The van der Waals surface area contributed by atoms with Crippen molar-refractivity contribution in [3.63, 3.8) is 0 Å². The number of carbonyl (C=O) groups excluding carboxylic acids is 2. The number of nitrogens with zero attached hydrogens (tertiary/aromatic N) is 2. The molecule has 2 fully saturated rings. The van der Waals surface area contributed by atoms with Crippen LogP contribution in [0, 0.1) is 18.7 Å². The largest absolute Gasteiger partial charge is 0.329 e. The smallest absolute Gasteiger partial charge is 0.249 e. The molecule has 4 nitrogen and oxygen atoms in total. The van der Waals surface area contributed by atoms with Gasteiger partial charge in [0.05, 0.1) is 0 Å². The molecule has 0 radical (unpaired) electrons. The zero-order chi connectivity index (χ0) is 15.9. The maximum Gasteiger partial charge on any atom is 0.249 e. The molecule has 1 aliphatic carbocycles. The van der Waals surface area contributed by atoms with Crippen molar-refractivity contribution in [2.45, 2.75) is 39.2 Å². The van der Waals surface area contributed by atoms with Crippen molar-refractivity contribution < 1.29 is 14.0 Å². The molecule has 1 heterocycles. The molecule has 22 heavy (non-hydrogen) atoms. The Hall–Kier alpha value is -1.91. The fourth-order valence-corrected chi connectivity index (χ4v) is 3.07. The first-order valence-electron chi connectivity index (χ1n) is 7.87. The average Bonchev–Trinajstić information content (AvgIpc) is 2.43. The Kier molecular flexibility index (Phi) is 3.89. The van der Waals surface area contributed by atoms with E-state index in [0.29, 0.717) is 24.3 Å². The maximum absolute atomic E-state index is 13.7. The summed E-state index contributed by atoms with van der Waals surface area (Å²) in [7, 11) is 0. The fraction of sp³-hybridized carbons (Fsp3) is 0.529. The van der Waals surface area contributed by atoms with Crippen LogP contribution in [-0.2, 0) is 9.59 Å². The molecule has 5 heteroatoms. The van der Waals surface area contributed by atoms with Gasteiger partial charge in [0, 0.05) is 24.7 Å². The predicted octanol–water partition coefficient (Wildman–Crippen LogP) is 2.50. The van der Waals surface area contributed by atoms with Crippen LogP contribution >= 0.6 is 0 Å². The van der Waals surface area contributed by atoms with Crippen molar-refractivity contribution in [2.24, 2.45) is 5.92 Å². The predicted molar refractivity (Wildman–Crippen MR) is 82.0 cm³/mol. The number of piperazine rings is 1. The average molecular weight is 304 g/mol. The normalized spacial score (nSPS) is 22.7. The molecule has 0 N–H and O–H groups in total. The van der Waals surface area contributed by atoms with Crippen LogP contribution < -0.4 is 4.90 Å². The van der Waals surface area contributed by atoms with Crippen molar-refractivity contribution in [1.29, 1.82) is 0 Å². The minimum atomic E-state index is -0.480. The van der Waals surface area contributed by atoms with Crippen LogP contribution in [0.2, 0.25) is 0 Å². The van der Waals surface area contributed by atoms with E-state index >= 15 is 0 Å². The van der Waals surface area contributed by atoms with Crippen LogP contribution in [0.5, 0.6) is 0 Å². The monoisotopic (exact) mass is 304 g/mol. The zero-order valence-corrected chi connectivity index (χ0v) is 13.0. The van der Waals surface area contributed by atoms with Gasteiger partial charge in [0.1, 0.15) is 11.9 Å². The molecule has 1 aromatic carbocycles. The molecule has 1 aliphatic heterocycles. The quantitative estimate of drug-likeness (QED) is 0.842. The van der Waals surface area contributed by atoms with Crippen LogP contribution in [0.4, 0.5) is 10.1 Å². The van der Waals surface area contributed by atoms with Gasteiger partial charge in [0.25, 0.3) is 0 Å². The van der Waals surface area contributed by atoms with Crippen LogP contribution in [0.3, 0.4) is 0 Å². The van der Waals surface area contributed by atoms with E-state index < -0.39 is 6.04 Å². The number of carbonyl (C=O) groups is 2. The second kappa shape index (κ2) is 5.71. The Morgan fingerprint density at radius 3 is 2.59 bits per heavy atom. The van der Waals surface area contributed by atoms with E-state index in [1.54, 1.807) is 35.8 Å². The molecule has 1 saturated carbocycles. The minimum absolute atomic E-state index is 0.0959. The summed E-state index contributed by atoms with van der Waals surface area (Å²) in [5.41, 5.74) is 1.12. The Balaban J connectivity index is 1.76. The molecule has 1 unspecified atom stereocenters. The van der Waals surface area contributed by atoms with Gasteiger partial charge in [0.2, 0.25) is 11.8 Å². The number of rotatable bonds is 2. The molecular formula is C17H21FN2O2. The van der Waals surface area contributed by atoms with Crippen molar-refractivity contribution in [3.8, 4) is 0 Å². The minimum Gasteiger partial charge on any atom is -0.329 e. The Bertz CT molecular complexity index is 613. The highest BCUT2D eigenvalue weighted by molar-refractivity contribution is 6.00. The zero-order valence-electron chi connectivity index (χ0n) is 13.0. The SMILES string of the molecule is Cc1ccc(N2CCN(C(=O)C3CCC3)C(C)C2=O)cc1F. The third-order valence-electron chi connectivity index (χ3n) is 4.86. The summed E-state index contributed by atoms with van der Waals surface area (Å²) in [5.74, 6) is -0.256. The first-order chi connectivity index (χ1) is 10.5. The second-order valence-corrected chi connectivity index (χ2v) is 6.26. The number of anilines is 1. The van der Waals surface area contributed by atoms with Crippen molar-refractivity contribution in [1.82, 2.24) is 4.90 Å². The Morgan fingerprint density at radius 2 is 2.00 bits per heavy atom. The first-order valence-corrected chi connectivity index (χ1v) is 7.87. The molecule has 1 saturated heterocycles. The highest BCUT2D eigenvalue weighted by atomic mass is 19.1. The lowest BCUT2D eigenvalue weighted by atomic mass is 9.84. The number of halogens is 1. The molecule has 1 atom stereocenters. The van der Waals surface area contributed by atoms with Crippen molar-refractivity contribution >= 4 is 17.5 Å². The summed E-state index contributed by atoms with van der Waals surface area (Å²) < 4.78 is 13.7. The van der Waals surface area contributed by atoms with Crippen molar-refractivity contribution in [3.05, 3.63) is 29.6 Å². The summed E-state index contributed by atoms with van der Waals surface area (Å²) in [4.78, 5) is 28.2. The van der Waals surface area contributed by atoms with Gasteiger partial charge in [-0.15, -0.1) is 0 Å². The third kappa shape index (κ3) is 2.49.